The predicted octanol–water partition coefficient (Wildman–Crippen LogP) is 0.824. The second-order valence-corrected chi connectivity index (χ2v) is 6.26. The van der Waals surface area contributed by atoms with E-state index in [9.17, 15) is 15.0 Å². The summed E-state index contributed by atoms with van der Waals surface area (Å²) in [6, 6.07) is 12.4. The summed E-state index contributed by atoms with van der Waals surface area (Å²) in [6.45, 7) is 0.383. The van der Waals surface area contributed by atoms with Crippen LogP contribution >= 0.6 is 0 Å². The third-order valence-corrected chi connectivity index (χ3v) is 4.72. The fraction of sp³-hybridized carbons (Fsp3) is 0.278. The summed E-state index contributed by atoms with van der Waals surface area (Å²) in [5, 5.41) is 25.6. The number of piperidine rings is 1. The molecule has 25 heavy (non-hydrogen) atoms. The standard InChI is InChI=1S/C18H18N4O3/c23-15-12-21(10-7-18(15,25)13-5-2-1-3-6-13)17(24)14-11-16-19-8-4-9-22(16)20-14/h1-6,8-9,11,15,23,25H,7,10,12H2/t15-,18-/m0/s1. The lowest BCUT2D eigenvalue weighted by atomic mass is 9.82. The summed E-state index contributed by atoms with van der Waals surface area (Å²) in [7, 11) is 0. The third-order valence-electron chi connectivity index (χ3n) is 4.72. The zero-order chi connectivity index (χ0) is 17.4. The molecule has 7 nitrogen and oxygen atoms in total. The Morgan fingerprint density at radius 2 is 2.04 bits per heavy atom. The number of nitrogens with zero attached hydrogens (tertiary/aromatic N) is 4. The minimum Gasteiger partial charge on any atom is -0.388 e. The van der Waals surface area contributed by atoms with E-state index in [0.29, 0.717) is 17.8 Å². The highest BCUT2D eigenvalue weighted by atomic mass is 16.3. The lowest BCUT2D eigenvalue weighted by Crippen LogP contribution is -2.55. The molecule has 0 unspecified atom stereocenters. The first-order valence-electron chi connectivity index (χ1n) is 8.13. The van der Waals surface area contributed by atoms with Crippen molar-refractivity contribution in [2.24, 2.45) is 0 Å². The molecule has 2 N–H and O–H groups in total. The SMILES string of the molecule is O=C(c1cc2ncccn2n1)N1CC[C@](O)(c2ccccc2)[C@@H](O)C1. The molecule has 0 aliphatic carbocycles. The van der Waals surface area contributed by atoms with E-state index in [1.54, 1.807) is 36.7 Å². The van der Waals surface area contributed by atoms with Gasteiger partial charge in [0.05, 0.1) is 6.54 Å². The van der Waals surface area contributed by atoms with Crippen LogP contribution in [0.3, 0.4) is 0 Å². The Hall–Kier alpha value is -2.77. The van der Waals surface area contributed by atoms with Gasteiger partial charge in [0.1, 0.15) is 11.7 Å². The van der Waals surface area contributed by atoms with Gasteiger partial charge in [0.15, 0.2) is 11.3 Å². The van der Waals surface area contributed by atoms with Crippen molar-refractivity contribution in [2.75, 3.05) is 13.1 Å². The molecule has 0 radical (unpaired) electrons. The third kappa shape index (κ3) is 2.67. The average Bonchev–Trinajstić information content (AvgIpc) is 3.08. The van der Waals surface area contributed by atoms with Crippen LogP contribution in [0.2, 0.25) is 0 Å². The van der Waals surface area contributed by atoms with Gasteiger partial charge in [0.2, 0.25) is 0 Å². The maximum Gasteiger partial charge on any atom is 0.274 e. The molecular formula is C18H18N4O3. The topological polar surface area (TPSA) is 91.0 Å². The number of β-amino-alcohol motifs (C(OH)–C–C–N with tert-alkyl or cyclic N) is 1. The number of aromatic nitrogens is 3. The van der Waals surface area contributed by atoms with E-state index in [0.717, 1.165) is 0 Å². The van der Waals surface area contributed by atoms with Crippen molar-refractivity contribution in [3.8, 4) is 0 Å². The minimum absolute atomic E-state index is 0.0472. The van der Waals surface area contributed by atoms with Gasteiger partial charge in [-0.15, -0.1) is 0 Å². The number of carbonyl (C=O) groups excluding carboxylic acids is 1. The van der Waals surface area contributed by atoms with Crippen LogP contribution in [-0.2, 0) is 5.60 Å². The number of likely N-dealkylation sites (tertiary alicyclic amines) is 1. The average molecular weight is 338 g/mol. The summed E-state index contributed by atoms with van der Waals surface area (Å²) in [5.74, 6) is -0.278. The molecule has 1 fully saturated rings. The minimum atomic E-state index is -1.35. The molecule has 3 heterocycles. The number of hydrogen-bond donors (Lipinski definition) is 2. The van der Waals surface area contributed by atoms with Gasteiger partial charge >= 0.3 is 0 Å². The molecule has 7 heteroatoms. The number of rotatable bonds is 2. The molecule has 2 atom stereocenters. The van der Waals surface area contributed by atoms with Crippen molar-refractivity contribution in [2.45, 2.75) is 18.1 Å². The highest BCUT2D eigenvalue weighted by molar-refractivity contribution is 5.93. The molecule has 1 aromatic carbocycles. The van der Waals surface area contributed by atoms with Crippen molar-refractivity contribution >= 4 is 11.6 Å². The van der Waals surface area contributed by atoms with E-state index in [1.807, 2.05) is 18.2 Å². The quantitative estimate of drug-likeness (QED) is 0.722. The smallest absolute Gasteiger partial charge is 0.274 e. The normalized spacial score (nSPS) is 23.8. The second kappa shape index (κ2) is 5.94. The van der Waals surface area contributed by atoms with Crippen molar-refractivity contribution in [3.05, 3.63) is 66.1 Å². The molecule has 0 spiro atoms. The van der Waals surface area contributed by atoms with Crippen LogP contribution in [-0.4, -0.2) is 54.8 Å². The van der Waals surface area contributed by atoms with Gasteiger partial charge in [-0.2, -0.15) is 5.10 Å². The number of amides is 1. The van der Waals surface area contributed by atoms with E-state index >= 15 is 0 Å². The molecule has 3 aromatic rings. The Bertz CT molecular complexity index is 878. The van der Waals surface area contributed by atoms with Crippen LogP contribution in [0, 0.1) is 0 Å². The number of hydrogen-bond acceptors (Lipinski definition) is 5. The lowest BCUT2D eigenvalue weighted by molar-refractivity contribution is -0.118. The maximum atomic E-state index is 12.7. The number of aliphatic hydroxyl groups is 2. The fourth-order valence-electron chi connectivity index (χ4n) is 3.27. The summed E-state index contributed by atoms with van der Waals surface area (Å²) in [5.41, 5.74) is 0.171. The Morgan fingerprint density at radius 3 is 2.76 bits per heavy atom. The monoisotopic (exact) mass is 338 g/mol. The van der Waals surface area contributed by atoms with E-state index < -0.39 is 11.7 Å². The summed E-state index contributed by atoms with van der Waals surface area (Å²) in [4.78, 5) is 18.4. The Kier molecular flexibility index (Phi) is 3.74. The lowest BCUT2D eigenvalue weighted by Gasteiger charge is -2.42. The summed E-state index contributed by atoms with van der Waals surface area (Å²) < 4.78 is 1.54. The van der Waals surface area contributed by atoms with E-state index in [4.69, 9.17) is 0 Å². The van der Waals surface area contributed by atoms with Gasteiger partial charge < -0.3 is 15.1 Å². The van der Waals surface area contributed by atoms with Crippen molar-refractivity contribution in [1.29, 1.82) is 0 Å². The van der Waals surface area contributed by atoms with Crippen LogP contribution in [0.5, 0.6) is 0 Å². The fourth-order valence-corrected chi connectivity index (χ4v) is 3.27. The predicted molar refractivity (Wildman–Crippen MR) is 89.9 cm³/mol. The second-order valence-electron chi connectivity index (χ2n) is 6.26. The van der Waals surface area contributed by atoms with Crippen molar-refractivity contribution in [1.82, 2.24) is 19.5 Å². The maximum absolute atomic E-state index is 12.7. The highest BCUT2D eigenvalue weighted by Crippen LogP contribution is 2.33. The zero-order valence-corrected chi connectivity index (χ0v) is 13.5. The van der Waals surface area contributed by atoms with Gasteiger partial charge in [-0.3, -0.25) is 4.79 Å². The highest BCUT2D eigenvalue weighted by Gasteiger charge is 2.43. The van der Waals surface area contributed by atoms with Crippen LogP contribution in [0.1, 0.15) is 22.5 Å². The Labute approximate surface area is 144 Å². The first-order chi connectivity index (χ1) is 12.1. The van der Waals surface area contributed by atoms with Crippen LogP contribution < -0.4 is 0 Å². The van der Waals surface area contributed by atoms with Crippen LogP contribution in [0.25, 0.3) is 5.65 Å². The Balaban J connectivity index is 1.55. The van der Waals surface area contributed by atoms with E-state index in [2.05, 4.69) is 10.1 Å². The molecule has 2 aromatic heterocycles. The summed E-state index contributed by atoms with van der Waals surface area (Å²) in [6.07, 6.45) is 2.55. The molecule has 1 aliphatic rings. The summed E-state index contributed by atoms with van der Waals surface area (Å²) >= 11 is 0. The van der Waals surface area contributed by atoms with Gasteiger partial charge in [-0.1, -0.05) is 30.3 Å². The molecule has 128 valence electrons. The van der Waals surface area contributed by atoms with Crippen LogP contribution in [0.4, 0.5) is 0 Å². The first kappa shape index (κ1) is 15.7. The van der Waals surface area contributed by atoms with Crippen LogP contribution in [0.15, 0.2) is 54.9 Å². The Morgan fingerprint density at radius 1 is 1.24 bits per heavy atom. The van der Waals surface area contributed by atoms with Gasteiger partial charge in [0.25, 0.3) is 5.91 Å². The molecule has 0 bridgehead atoms. The molecular weight excluding hydrogens is 320 g/mol. The number of aliphatic hydroxyl groups excluding tert-OH is 1. The number of benzene rings is 1. The molecule has 0 saturated carbocycles. The van der Waals surface area contributed by atoms with Crippen molar-refractivity contribution < 1.29 is 15.0 Å². The van der Waals surface area contributed by atoms with Crippen molar-refractivity contribution in [3.63, 3.8) is 0 Å². The molecule has 1 amide bonds. The van der Waals surface area contributed by atoms with Gasteiger partial charge in [-0.25, -0.2) is 9.50 Å². The van der Waals surface area contributed by atoms with Gasteiger partial charge in [0, 0.05) is 31.4 Å². The van der Waals surface area contributed by atoms with E-state index in [1.165, 1.54) is 9.42 Å². The molecule has 1 aliphatic heterocycles. The number of carbonyl (C=O) groups is 1. The molecule has 4 rings (SSSR count). The number of fused-ring (bicyclic) bond motifs is 1. The van der Waals surface area contributed by atoms with E-state index in [-0.39, 0.29) is 24.6 Å². The molecule has 1 saturated heterocycles. The first-order valence-corrected chi connectivity index (χ1v) is 8.13. The van der Waals surface area contributed by atoms with Gasteiger partial charge in [-0.05, 0) is 11.6 Å². The largest absolute Gasteiger partial charge is 0.388 e. The zero-order valence-electron chi connectivity index (χ0n) is 13.5.